The number of likely N-dealkylation sites (tertiary alicyclic amines) is 1. The first-order chi connectivity index (χ1) is 15.5. The van der Waals surface area contributed by atoms with Gasteiger partial charge in [-0.15, -0.1) is 11.3 Å². The Morgan fingerprint density at radius 1 is 1.28 bits per heavy atom. The molecule has 1 fully saturated rings. The molecule has 3 aromatic rings. The van der Waals surface area contributed by atoms with Crippen molar-refractivity contribution in [1.82, 2.24) is 15.2 Å². The molecule has 2 heterocycles. The Morgan fingerprint density at radius 3 is 2.75 bits per heavy atom. The van der Waals surface area contributed by atoms with Crippen molar-refractivity contribution in [3.05, 3.63) is 82.3 Å². The summed E-state index contributed by atoms with van der Waals surface area (Å²) in [4.78, 5) is 35.9. The van der Waals surface area contributed by atoms with Gasteiger partial charge in [0.05, 0.1) is 28.8 Å². The molecule has 162 valence electrons. The lowest BCUT2D eigenvalue weighted by Gasteiger charge is -2.24. The molecular weight excluding hydrogens is 424 g/mol. The van der Waals surface area contributed by atoms with Crippen molar-refractivity contribution in [2.24, 2.45) is 0 Å². The van der Waals surface area contributed by atoms with Crippen LogP contribution in [0.1, 0.15) is 28.0 Å². The van der Waals surface area contributed by atoms with Crippen molar-refractivity contribution in [3.63, 3.8) is 0 Å². The summed E-state index contributed by atoms with van der Waals surface area (Å²) in [5, 5.41) is 13.0. The number of hydrogen-bond acceptors (Lipinski definition) is 5. The molecule has 1 aliphatic heterocycles. The van der Waals surface area contributed by atoms with E-state index in [1.54, 1.807) is 29.5 Å². The van der Waals surface area contributed by atoms with Gasteiger partial charge in [-0.2, -0.15) is 0 Å². The number of β-amino-alcohol motifs (C(OH)–C–C–N with tert-alkyl or cyclic N) is 1. The number of aliphatic hydroxyl groups is 1. The highest BCUT2D eigenvalue weighted by molar-refractivity contribution is 7.13. The summed E-state index contributed by atoms with van der Waals surface area (Å²) < 4.78 is 0. The van der Waals surface area contributed by atoms with Gasteiger partial charge in [-0.25, -0.2) is 9.83 Å². The first-order valence-electron chi connectivity index (χ1n) is 10.2. The standard InChI is InChI=1S/C24H22N4O3S/c1-15-22(32-14-27-15)17-8-6-16(7-9-17)12-26-23(30)21-11-20(29)13-28(21)24(31)18-4-3-5-19(10-18)25-2/h3-10,14,20-21,29H,11-13H2,1H3,(H,26,30)/t20-,21+/m1/s1. The van der Waals surface area contributed by atoms with Crippen LogP contribution in [0.3, 0.4) is 0 Å². The number of benzene rings is 2. The maximum atomic E-state index is 13.0. The van der Waals surface area contributed by atoms with Crippen molar-refractivity contribution in [2.75, 3.05) is 6.54 Å². The summed E-state index contributed by atoms with van der Waals surface area (Å²) in [7, 11) is 0. The van der Waals surface area contributed by atoms with Gasteiger partial charge in [0.15, 0.2) is 5.69 Å². The first kappa shape index (κ1) is 21.7. The van der Waals surface area contributed by atoms with E-state index in [-0.39, 0.29) is 24.8 Å². The summed E-state index contributed by atoms with van der Waals surface area (Å²) in [6, 6.07) is 13.5. The van der Waals surface area contributed by atoms with Crippen LogP contribution in [0, 0.1) is 13.5 Å². The van der Waals surface area contributed by atoms with Gasteiger partial charge in [0, 0.05) is 25.1 Å². The fraction of sp³-hybridized carbons (Fsp3) is 0.250. The topological polar surface area (TPSA) is 86.9 Å². The fourth-order valence-corrected chi connectivity index (χ4v) is 4.63. The predicted molar refractivity (Wildman–Crippen MR) is 122 cm³/mol. The minimum atomic E-state index is -0.763. The average Bonchev–Trinajstić information content (AvgIpc) is 3.42. The molecular formula is C24H22N4O3S. The summed E-state index contributed by atoms with van der Waals surface area (Å²) in [6.07, 6.45) is -0.579. The molecule has 7 nitrogen and oxygen atoms in total. The van der Waals surface area contributed by atoms with Crippen LogP contribution in [-0.4, -0.2) is 45.5 Å². The van der Waals surface area contributed by atoms with E-state index in [9.17, 15) is 14.7 Å². The van der Waals surface area contributed by atoms with E-state index in [4.69, 9.17) is 6.57 Å². The Kier molecular flexibility index (Phi) is 6.30. The molecule has 32 heavy (non-hydrogen) atoms. The predicted octanol–water partition coefficient (Wildman–Crippen LogP) is 3.56. The molecule has 2 atom stereocenters. The van der Waals surface area contributed by atoms with E-state index in [1.807, 2.05) is 36.7 Å². The maximum absolute atomic E-state index is 13.0. The lowest BCUT2D eigenvalue weighted by Crippen LogP contribution is -2.45. The molecule has 2 N–H and O–H groups in total. The van der Waals surface area contributed by atoms with Crippen LogP contribution in [0.2, 0.25) is 0 Å². The van der Waals surface area contributed by atoms with Crippen molar-refractivity contribution in [1.29, 1.82) is 0 Å². The molecule has 2 aromatic carbocycles. The molecule has 1 saturated heterocycles. The highest BCUT2D eigenvalue weighted by Crippen LogP contribution is 2.27. The number of aliphatic hydroxyl groups excluding tert-OH is 1. The minimum Gasteiger partial charge on any atom is -0.391 e. The molecule has 0 radical (unpaired) electrons. The zero-order valence-electron chi connectivity index (χ0n) is 17.5. The molecule has 0 aliphatic carbocycles. The lowest BCUT2D eigenvalue weighted by atomic mass is 10.1. The third kappa shape index (κ3) is 4.54. The Labute approximate surface area is 190 Å². The molecule has 0 unspecified atom stereocenters. The van der Waals surface area contributed by atoms with Gasteiger partial charge in [0.1, 0.15) is 6.04 Å². The van der Waals surface area contributed by atoms with E-state index in [0.29, 0.717) is 17.8 Å². The number of carbonyl (C=O) groups excluding carboxylic acids is 2. The van der Waals surface area contributed by atoms with Gasteiger partial charge in [0.25, 0.3) is 5.91 Å². The molecule has 0 bridgehead atoms. The van der Waals surface area contributed by atoms with Crippen molar-refractivity contribution >= 4 is 28.8 Å². The van der Waals surface area contributed by atoms with Gasteiger partial charge >= 0.3 is 0 Å². The quantitative estimate of drug-likeness (QED) is 0.587. The van der Waals surface area contributed by atoms with Crippen LogP contribution in [-0.2, 0) is 11.3 Å². The summed E-state index contributed by atoms with van der Waals surface area (Å²) >= 11 is 1.59. The second-order valence-electron chi connectivity index (χ2n) is 7.71. The Bertz CT molecular complexity index is 1180. The highest BCUT2D eigenvalue weighted by atomic mass is 32.1. The van der Waals surface area contributed by atoms with Gasteiger partial charge < -0.3 is 15.3 Å². The summed E-state index contributed by atoms with van der Waals surface area (Å²) in [5.74, 6) is -0.671. The first-order valence-corrected chi connectivity index (χ1v) is 11.1. The molecule has 0 spiro atoms. The van der Waals surface area contributed by atoms with Gasteiger partial charge in [-0.1, -0.05) is 42.5 Å². The Hall–Kier alpha value is -3.54. The zero-order chi connectivity index (χ0) is 22.7. The third-order valence-electron chi connectivity index (χ3n) is 5.49. The Morgan fingerprint density at radius 2 is 2.06 bits per heavy atom. The van der Waals surface area contributed by atoms with E-state index in [1.165, 1.54) is 11.0 Å². The smallest absolute Gasteiger partial charge is 0.253 e. The van der Waals surface area contributed by atoms with Crippen LogP contribution in [0.5, 0.6) is 0 Å². The van der Waals surface area contributed by atoms with E-state index in [0.717, 1.165) is 21.7 Å². The SMILES string of the molecule is [C-]#[N+]c1cccc(C(=O)N2C[C@H](O)C[C@H]2C(=O)NCc2ccc(-c3scnc3C)cc2)c1. The van der Waals surface area contributed by atoms with E-state index < -0.39 is 12.1 Å². The molecule has 4 rings (SSSR count). The maximum Gasteiger partial charge on any atom is 0.253 e. The number of nitrogens with zero attached hydrogens (tertiary/aromatic N) is 3. The Balaban J connectivity index is 1.42. The number of rotatable bonds is 5. The normalized spacial score (nSPS) is 17.7. The van der Waals surface area contributed by atoms with Crippen LogP contribution in [0.4, 0.5) is 5.69 Å². The van der Waals surface area contributed by atoms with Gasteiger partial charge in [-0.3, -0.25) is 9.59 Å². The van der Waals surface area contributed by atoms with Crippen LogP contribution in [0.15, 0.2) is 54.0 Å². The monoisotopic (exact) mass is 446 g/mol. The number of hydrogen-bond donors (Lipinski definition) is 2. The highest BCUT2D eigenvalue weighted by Gasteiger charge is 2.39. The van der Waals surface area contributed by atoms with E-state index >= 15 is 0 Å². The number of thiazole rings is 1. The van der Waals surface area contributed by atoms with Crippen molar-refractivity contribution in [3.8, 4) is 10.4 Å². The molecule has 0 saturated carbocycles. The zero-order valence-corrected chi connectivity index (χ0v) is 18.3. The summed E-state index contributed by atoms with van der Waals surface area (Å²) in [6.45, 7) is 9.51. The number of nitrogens with one attached hydrogen (secondary N) is 1. The summed E-state index contributed by atoms with van der Waals surface area (Å²) in [5.41, 5.74) is 5.51. The van der Waals surface area contributed by atoms with Crippen LogP contribution < -0.4 is 5.32 Å². The lowest BCUT2D eigenvalue weighted by molar-refractivity contribution is -0.125. The van der Waals surface area contributed by atoms with Crippen LogP contribution in [0.25, 0.3) is 15.3 Å². The molecule has 1 aliphatic rings. The minimum absolute atomic E-state index is 0.0854. The van der Waals surface area contributed by atoms with Crippen molar-refractivity contribution in [2.45, 2.75) is 32.0 Å². The van der Waals surface area contributed by atoms with Crippen molar-refractivity contribution < 1.29 is 14.7 Å². The number of carbonyl (C=O) groups is 2. The fourth-order valence-electron chi connectivity index (χ4n) is 3.82. The molecule has 2 amide bonds. The number of aromatic nitrogens is 1. The van der Waals surface area contributed by atoms with Gasteiger partial charge in [0.2, 0.25) is 5.91 Å². The van der Waals surface area contributed by atoms with E-state index in [2.05, 4.69) is 15.1 Å². The third-order valence-corrected chi connectivity index (χ3v) is 6.47. The second-order valence-corrected chi connectivity index (χ2v) is 8.56. The largest absolute Gasteiger partial charge is 0.391 e. The number of aryl methyl sites for hydroxylation is 1. The average molecular weight is 447 g/mol. The molecule has 8 heteroatoms. The van der Waals surface area contributed by atoms with Gasteiger partial charge in [-0.05, 0) is 24.1 Å². The number of amides is 2. The van der Waals surface area contributed by atoms with Crippen LogP contribution >= 0.6 is 11.3 Å². The molecule has 1 aromatic heterocycles. The second kappa shape index (κ2) is 9.30.